The van der Waals surface area contributed by atoms with Gasteiger partial charge >= 0.3 is 0 Å². The molecule has 0 radical (unpaired) electrons. The zero-order chi connectivity index (χ0) is 15.2. The summed E-state index contributed by atoms with van der Waals surface area (Å²) in [4.78, 5) is 4.42. The zero-order valence-electron chi connectivity index (χ0n) is 13.2. The first-order valence-corrected chi connectivity index (χ1v) is 8.21. The van der Waals surface area contributed by atoms with Crippen molar-refractivity contribution in [1.29, 1.82) is 0 Å². The maximum Gasteiger partial charge on any atom is 0.191 e. The highest BCUT2D eigenvalue weighted by Gasteiger charge is 2.18. The number of nitrogens with one attached hydrogen (secondary N) is 2. The molecule has 0 spiro atoms. The molecule has 0 bridgehead atoms. The third-order valence-electron chi connectivity index (χ3n) is 4.18. The number of aliphatic imine (C=N–C) groups is 1. The molecule has 1 aliphatic carbocycles. The van der Waals surface area contributed by atoms with Gasteiger partial charge in [0.15, 0.2) is 17.5 Å². The normalized spacial score (nSPS) is 18.5. The van der Waals surface area contributed by atoms with Gasteiger partial charge in [-0.25, -0.2) is 0 Å². The first-order chi connectivity index (χ1) is 10.8. The minimum absolute atomic E-state index is 0.335. The minimum Gasteiger partial charge on any atom is -0.493 e. The molecule has 1 saturated carbocycles. The Morgan fingerprint density at radius 3 is 2.82 bits per heavy atom. The summed E-state index contributed by atoms with van der Waals surface area (Å²) in [5.74, 6) is 2.55. The molecule has 0 aromatic heterocycles. The van der Waals surface area contributed by atoms with Gasteiger partial charge in [-0.05, 0) is 49.8 Å². The van der Waals surface area contributed by atoms with Gasteiger partial charge in [0.05, 0.1) is 13.2 Å². The van der Waals surface area contributed by atoms with Gasteiger partial charge in [0.2, 0.25) is 0 Å². The summed E-state index contributed by atoms with van der Waals surface area (Å²) in [6.45, 7) is 2.62. The van der Waals surface area contributed by atoms with E-state index in [0.717, 1.165) is 56.4 Å². The number of methoxy groups -OCH3 is 1. The van der Waals surface area contributed by atoms with Gasteiger partial charge in [-0.1, -0.05) is 6.07 Å². The number of hydrogen-bond acceptors (Lipinski definition) is 5. The molecule has 0 saturated heterocycles. The van der Waals surface area contributed by atoms with Crippen molar-refractivity contribution < 1.29 is 9.47 Å². The van der Waals surface area contributed by atoms with E-state index in [1.807, 2.05) is 6.07 Å². The molecule has 0 atom stereocenters. The average Bonchev–Trinajstić information content (AvgIpc) is 3.07. The number of benzene rings is 1. The summed E-state index contributed by atoms with van der Waals surface area (Å²) < 4.78 is 11.6. The minimum atomic E-state index is 0.335. The van der Waals surface area contributed by atoms with E-state index in [-0.39, 0.29) is 0 Å². The van der Waals surface area contributed by atoms with Crippen molar-refractivity contribution in [1.82, 2.24) is 10.6 Å². The molecule has 1 aromatic carbocycles. The van der Waals surface area contributed by atoms with Gasteiger partial charge in [-0.3, -0.25) is 4.99 Å². The van der Waals surface area contributed by atoms with Crippen LogP contribution in [0.15, 0.2) is 23.2 Å². The number of ether oxygens (including phenoxy) is 2. The molecular weight excluding hydrogens is 278 g/mol. The van der Waals surface area contributed by atoms with Crippen LogP contribution in [0.25, 0.3) is 0 Å². The summed E-state index contributed by atoms with van der Waals surface area (Å²) >= 11 is 0. The number of hydrogen-bond donors (Lipinski definition) is 2. The predicted molar refractivity (Wildman–Crippen MR) is 87.6 cm³/mol. The van der Waals surface area contributed by atoms with E-state index in [1.165, 1.54) is 18.4 Å². The van der Waals surface area contributed by atoms with Crippen molar-refractivity contribution in [2.24, 2.45) is 4.99 Å². The van der Waals surface area contributed by atoms with Crippen molar-refractivity contribution in [3.63, 3.8) is 0 Å². The third kappa shape index (κ3) is 3.84. The molecule has 1 fully saturated rings. The van der Waals surface area contributed by atoms with Crippen LogP contribution < -0.4 is 20.1 Å². The van der Waals surface area contributed by atoms with Crippen LogP contribution in [0.5, 0.6) is 11.5 Å². The van der Waals surface area contributed by atoms with E-state index in [2.05, 4.69) is 27.8 Å². The van der Waals surface area contributed by atoms with Crippen LogP contribution in [0.2, 0.25) is 0 Å². The second-order valence-electron chi connectivity index (χ2n) is 5.87. The molecule has 0 amide bonds. The summed E-state index contributed by atoms with van der Waals surface area (Å²) in [6, 6.07) is 6.13. The first-order valence-electron chi connectivity index (χ1n) is 8.21. The average molecular weight is 303 g/mol. The molecule has 2 aliphatic rings. The summed E-state index contributed by atoms with van der Waals surface area (Å²) in [5.41, 5.74) is 1.17. The highest BCUT2D eigenvalue weighted by atomic mass is 16.5. The SMILES string of the molecule is COc1ccc(CNC2=NCCCN2)cc1OC1CCCC1. The monoisotopic (exact) mass is 303 g/mol. The molecular formula is C17H25N3O2. The highest BCUT2D eigenvalue weighted by Crippen LogP contribution is 2.32. The van der Waals surface area contributed by atoms with Crippen molar-refractivity contribution in [3.05, 3.63) is 23.8 Å². The maximum atomic E-state index is 6.13. The predicted octanol–water partition coefficient (Wildman–Crippen LogP) is 2.46. The molecule has 22 heavy (non-hydrogen) atoms. The van der Waals surface area contributed by atoms with E-state index in [4.69, 9.17) is 9.47 Å². The second-order valence-corrected chi connectivity index (χ2v) is 5.87. The van der Waals surface area contributed by atoms with Crippen LogP contribution >= 0.6 is 0 Å². The fourth-order valence-electron chi connectivity index (χ4n) is 2.95. The van der Waals surface area contributed by atoms with Crippen LogP contribution in [0, 0.1) is 0 Å². The molecule has 5 heteroatoms. The Bertz CT molecular complexity index is 525. The van der Waals surface area contributed by atoms with Gasteiger partial charge in [-0.15, -0.1) is 0 Å². The van der Waals surface area contributed by atoms with Crippen molar-refractivity contribution in [2.75, 3.05) is 20.2 Å². The topological polar surface area (TPSA) is 54.9 Å². The fraction of sp³-hybridized carbons (Fsp3) is 0.588. The van der Waals surface area contributed by atoms with E-state index in [0.29, 0.717) is 6.10 Å². The second kappa shape index (κ2) is 7.38. The number of nitrogens with zero attached hydrogens (tertiary/aromatic N) is 1. The Balaban J connectivity index is 1.64. The highest BCUT2D eigenvalue weighted by molar-refractivity contribution is 5.80. The maximum absolute atomic E-state index is 6.13. The zero-order valence-corrected chi connectivity index (χ0v) is 13.2. The fourth-order valence-corrected chi connectivity index (χ4v) is 2.95. The lowest BCUT2D eigenvalue weighted by Gasteiger charge is -2.18. The number of rotatable bonds is 5. The summed E-state index contributed by atoms with van der Waals surface area (Å²) in [5, 5.41) is 6.61. The van der Waals surface area contributed by atoms with Crippen molar-refractivity contribution >= 4 is 5.96 Å². The molecule has 2 N–H and O–H groups in total. The van der Waals surface area contributed by atoms with Crippen molar-refractivity contribution in [3.8, 4) is 11.5 Å². The molecule has 1 aromatic rings. The van der Waals surface area contributed by atoms with Crippen LogP contribution in [0.3, 0.4) is 0 Å². The molecule has 0 unspecified atom stereocenters. The largest absolute Gasteiger partial charge is 0.493 e. The van der Waals surface area contributed by atoms with Crippen LogP contribution in [-0.2, 0) is 6.54 Å². The van der Waals surface area contributed by atoms with Crippen molar-refractivity contribution in [2.45, 2.75) is 44.8 Å². The van der Waals surface area contributed by atoms with Gasteiger partial charge < -0.3 is 20.1 Å². The quantitative estimate of drug-likeness (QED) is 0.877. The van der Waals surface area contributed by atoms with E-state index in [9.17, 15) is 0 Å². The van der Waals surface area contributed by atoms with Gasteiger partial charge in [-0.2, -0.15) is 0 Å². The lowest BCUT2D eigenvalue weighted by Crippen LogP contribution is -2.40. The van der Waals surface area contributed by atoms with Crippen LogP contribution in [0.1, 0.15) is 37.7 Å². The summed E-state index contributed by atoms with van der Waals surface area (Å²) in [6.07, 6.45) is 6.26. The Morgan fingerprint density at radius 1 is 1.23 bits per heavy atom. The Kier molecular flexibility index (Phi) is 5.03. The molecule has 5 nitrogen and oxygen atoms in total. The Labute approximate surface area is 132 Å². The smallest absolute Gasteiger partial charge is 0.191 e. The molecule has 3 rings (SSSR count). The number of guanidine groups is 1. The van der Waals surface area contributed by atoms with Crippen LogP contribution in [0.4, 0.5) is 0 Å². The lowest BCUT2D eigenvalue weighted by molar-refractivity contribution is 0.200. The van der Waals surface area contributed by atoms with E-state index >= 15 is 0 Å². The van der Waals surface area contributed by atoms with Crippen LogP contribution in [-0.4, -0.2) is 32.3 Å². The third-order valence-corrected chi connectivity index (χ3v) is 4.18. The first kappa shape index (κ1) is 15.0. The van der Waals surface area contributed by atoms with Gasteiger partial charge in [0.25, 0.3) is 0 Å². The standard InChI is InChI=1S/C17H25N3O2/c1-21-15-8-7-13(12-20-17-18-9-4-10-19-17)11-16(15)22-14-5-2-3-6-14/h7-8,11,14H,2-6,9-10,12H2,1H3,(H2,18,19,20). The summed E-state index contributed by atoms with van der Waals surface area (Å²) in [7, 11) is 1.69. The van der Waals surface area contributed by atoms with Gasteiger partial charge in [0.1, 0.15) is 0 Å². The van der Waals surface area contributed by atoms with E-state index < -0.39 is 0 Å². The lowest BCUT2D eigenvalue weighted by atomic mass is 10.2. The Hall–Kier alpha value is -1.91. The Morgan fingerprint density at radius 2 is 2.09 bits per heavy atom. The molecule has 1 heterocycles. The van der Waals surface area contributed by atoms with Gasteiger partial charge in [0, 0.05) is 19.6 Å². The molecule has 1 aliphatic heterocycles. The van der Waals surface area contributed by atoms with E-state index in [1.54, 1.807) is 7.11 Å². The molecule has 120 valence electrons.